The van der Waals surface area contributed by atoms with E-state index in [1.165, 1.54) is 23.1 Å². The lowest BCUT2D eigenvalue weighted by Crippen LogP contribution is -2.51. The van der Waals surface area contributed by atoms with Crippen molar-refractivity contribution < 1.29 is 22.4 Å². The van der Waals surface area contributed by atoms with Gasteiger partial charge < -0.3 is 10.2 Å². The summed E-state index contributed by atoms with van der Waals surface area (Å²) in [4.78, 5) is 27.3. The number of carbonyl (C=O) groups excluding carboxylic acids is 2. The fourth-order valence-corrected chi connectivity index (χ4v) is 4.66. The van der Waals surface area contributed by atoms with Crippen LogP contribution >= 0.6 is 15.9 Å². The molecule has 33 heavy (non-hydrogen) atoms. The summed E-state index contributed by atoms with van der Waals surface area (Å²) < 4.78 is 40.9. The van der Waals surface area contributed by atoms with Gasteiger partial charge >= 0.3 is 0 Å². The minimum absolute atomic E-state index is 0.179. The van der Waals surface area contributed by atoms with E-state index in [0.717, 1.165) is 23.4 Å². The zero-order valence-electron chi connectivity index (χ0n) is 18.9. The van der Waals surface area contributed by atoms with Gasteiger partial charge in [0.05, 0.1) is 11.9 Å². The number of amides is 2. The Bertz CT molecular complexity index is 1080. The molecule has 2 rings (SSSR count). The van der Waals surface area contributed by atoms with E-state index in [1.807, 2.05) is 6.92 Å². The normalized spacial score (nSPS) is 12.2. The maximum Gasteiger partial charge on any atom is 0.244 e. The van der Waals surface area contributed by atoms with Gasteiger partial charge in [0.15, 0.2) is 0 Å². The zero-order chi connectivity index (χ0) is 24.6. The third-order valence-electron chi connectivity index (χ3n) is 5.10. The minimum atomic E-state index is -3.83. The summed E-state index contributed by atoms with van der Waals surface area (Å²) in [7, 11) is -3.83. The Morgan fingerprint density at radius 3 is 2.36 bits per heavy atom. The summed E-state index contributed by atoms with van der Waals surface area (Å²) in [6, 6.07) is 11.6. The Labute approximate surface area is 203 Å². The van der Waals surface area contributed by atoms with Crippen molar-refractivity contribution in [3.63, 3.8) is 0 Å². The number of hydrogen-bond donors (Lipinski definition) is 1. The molecule has 10 heteroatoms. The average Bonchev–Trinajstić information content (AvgIpc) is 2.76. The SMILES string of the molecule is CCCCNC(=O)[C@@H](C)N(Cc1ccccc1F)C(=O)CN(c1ccccc1Br)S(C)(=O)=O. The predicted molar refractivity (Wildman–Crippen MR) is 131 cm³/mol. The highest BCUT2D eigenvalue weighted by Crippen LogP contribution is 2.28. The number of nitrogens with one attached hydrogen (secondary N) is 1. The summed E-state index contributed by atoms with van der Waals surface area (Å²) in [5, 5.41) is 2.78. The lowest BCUT2D eigenvalue weighted by Gasteiger charge is -2.31. The van der Waals surface area contributed by atoms with E-state index in [2.05, 4.69) is 21.2 Å². The number of nitrogens with zero attached hydrogens (tertiary/aromatic N) is 2. The van der Waals surface area contributed by atoms with Gasteiger partial charge in [-0.15, -0.1) is 0 Å². The second-order valence-electron chi connectivity index (χ2n) is 7.65. The molecular formula is C23H29BrFN3O4S. The molecule has 1 N–H and O–H groups in total. The lowest BCUT2D eigenvalue weighted by molar-refractivity contribution is -0.139. The van der Waals surface area contributed by atoms with Crippen LogP contribution in [0.3, 0.4) is 0 Å². The lowest BCUT2D eigenvalue weighted by atomic mass is 10.1. The molecule has 0 saturated carbocycles. The van der Waals surface area contributed by atoms with Crippen LogP contribution in [0.5, 0.6) is 0 Å². The molecule has 0 aromatic heterocycles. The molecule has 0 aliphatic carbocycles. The summed E-state index contributed by atoms with van der Waals surface area (Å²) >= 11 is 3.32. The van der Waals surface area contributed by atoms with Gasteiger partial charge in [-0.1, -0.05) is 43.7 Å². The Hall–Kier alpha value is -2.46. The van der Waals surface area contributed by atoms with Crippen LogP contribution in [0.15, 0.2) is 53.0 Å². The Balaban J connectivity index is 2.37. The second kappa shape index (κ2) is 12.1. The van der Waals surface area contributed by atoms with E-state index in [1.54, 1.807) is 37.3 Å². The number of sulfonamides is 1. The van der Waals surface area contributed by atoms with Crippen LogP contribution < -0.4 is 9.62 Å². The molecule has 0 aliphatic heterocycles. The van der Waals surface area contributed by atoms with Gasteiger partial charge in [-0.05, 0) is 47.5 Å². The summed E-state index contributed by atoms with van der Waals surface area (Å²) in [5.74, 6) is -1.53. The number of carbonyl (C=O) groups is 2. The van der Waals surface area contributed by atoms with Crippen LogP contribution in [0.4, 0.5) is 10.1 Å². The van der Waals surface area contributed by atoms with Gasteiger partial charge in [0.2, 0.25) is 21.8 Å². The molecule has 0 heterocycles. The maximum absolute atomic E-state index is 14.3. The second-order valence-corrected chi connectivity index (χ2v) is 10.4. The molecule has 1 atom stereocenters. The largest absolute Gasteiger partial charge is 0.354 e. The fraction of sp³-hybridized carbons (Fsp3) is 0.391. The predicted octanol–water partition coefficient (Wildman–Crippen LogP) is 3.69. The smallest absolute Gasteiger partial charge is 0.244 e. The van der Waals surface area contributed by atoms with E-state index < -0.39 is 34.3 Å². The van der Waals surface area contributed by atoms with Crippen molar-refractivity contribution in [3.8, 4) is 0 Å². The number of anilines is 1. The molecule has 0 unspecified atom stereocenters. The van der Waals surface area contributed by atoms with E-state index in [4.69, 9.17) is 0 Å². The Morgan fingerprint density at radius 1 is 1.12 bits per heavy atom. The van der Waals surface area contributed by atoms with Crippen molar-refractivity contribution in [2.24, 2.45) is 0 Å². The van der Waals surface area contributed by atoms with Crippen LogP contribution in [-0.4, -0.2) is 50.5 Å². The van der Waals surface area contributed by atoms with Crippen molar-refractivity contribution in [2.45, 2.75) is 39.3 Å². The minimum Gasteiger partial charge on any atom is -0.354 e. The quantitative estimate of drug-likeness (QED) is 0.439. The third kappa shape index (κ3) is 7.53. The van der Waals surface area contributed by atoms with Crippen molar-refractivity contribution in [1.29, 1.82) is 0 Å². The van der Waals surface area contributed by atoms with Crippen molar-refractivity contribution in [2.75, 3.05) is 23.7 Å². The average molecular weight is 542 g/mol. The number of halogens is 2. The third-order valence-corrected chi connectivity index (χ3v) is 6.89. The van der Waals surface area contributed by atoms with Gasteiger partial charge in [0.1, 0.15) is 18.4 Å². The van der Waals surface area contributed by atoms with Gasteiger partial charge in [-0.2, -0.15) is 0 Å². The van der Waals surface area contributed by atoms with Gasteiger partial charge in [0, 0.05) is 23.1 Å². The topological polar surface area (TPSA) is 86.8 Å². The Morgan fingerprint density at radius 2 is 1.76 bits per heavy atom. The van der Waals surface area contributed by atoms with Crippen LogP contribution in [-0.2, 0) is 26.2 Å². The number of unbranched alkanes of at least 4 members (excludes halogenated alkanes) is 1. The van der Waals surface area contributed by atoms with Crippen LogP contribution in [0, 0.1) is 5.82 Å². The highest BCUT2D eigenvalue weighted by molar-refractivity contribution is 9.10. The molecule has 0 saturated heterocycles. The van der Waals surface area contributed by atoms with Crippen molar-refractivity contribution >= 4 is 43.5 Å². The van der Waals surface area contributed by atoms with Gasteiger partial charge in [-0.3, -0.25) is 13.9 Å². The molecule has 0 aliphatic rings. The number of hydrogen-bond acceptors (Lipinski definition) is 4. The molecule has 180 valence electrons. The van der Waals surface area contributed by atoms with E-state index >= 15 is 0 Å². The first-order valence-electron chi connectivity index (χ1n) is 10.6. The molecule has 0 radical (unpaired) electrons. The summed E-state index contributed by atoms with van der Waals surface area (Å²) in [5.41, 5.74) is 0.519. The molecule has 2 aromatic rings. The molecule has 2 amide bonds. The first-order chi connectivity index (χ1) is 15.6. The number of rotatable bonds is 11. The zero-order valence-corrected chi connectivity index (χ0v) is 21.3. The molecule has 2 aromatic carbocycles. The maximum atomic E-state index is 14.3. The highest BCUT2D eigenvalue weighted by atomic mass is 79.9. The fourth-order valence-electron chi connectivity index (χ4n) is 3.18. The first kappa shape index (κ1) is 26.8. The molecular weight excluding hydrogens is 513 g/mol. The highest BCUT2D eigenvalue weighted by Gasteiger charge is 2.31. The Kier molecular flexibility index (Phi) is 9.85. The van der Waals surface area contributed by atoms with Crippen LogP contribution in [0.25, 0.3) is 0 Å². The van der Waals surface area contributed by atoms with E-state index in [0.29, 0.717) is 16.7 Å². The van der Waals surface area contributed by atoms with Crippen LogP contribution in [0.1, 0.15) is 32.3 Å². The monoisotopic (exact) mass is 541 g/mol. The summed E-state index contributed by atoms with van der Waals surface area (Å²) in [6.07, 6.45) is 2.67. The number of para-hydroxylation sites is 1. The molecule has 7 nitrogen and oxygen atoms in total. The van der Waals surface area contributed by atoms with Crippen molar-refractivity contribution in [3.05, 3.63) is 64.4 Å². The first-order valence-corrected chi connectivity index (χ1v) is 13.2. The standard InChI is InChI=1S/C23H29BrFN3O4S/c1-4-5-14-26-23(30)17(2)27(15-18-10-6-8-12-20(18)25)22(29)16-28(33(3,31)32)21-13-9-7-11-19(21)24/h6-13,17H,4-5,14-16H2,1-3H3,(H,26,30)/t17-/m1/s1. The van der Waals surface area contributed by atoms with Crippen molar-refractivity contribution in [1.82, 2.24) is 10.2 Å². The number of benzene rings is 2. The van der Waals surface area contributed by atoms with E-state index in [9.17, 15) is 22.4 Å². The van der Waals surface area contributed by atoms with Gasteiger partial charge in [-0.25, -0.2) is 12.8 Å². The molecule has 0 fully saturated rings. The molecule has 0 spiro atoms. The molecule has 0 bridgehead atoms. The summed E-state index contributed by atoms with van der Waals surface area (Å²) in [6.45, 7) is 3.27. The van der Waals surface area contributed by atoms with Crippen LogP contribution in [0.2, 0.25) is 0 Å². The van der Waals surface area contributed by atoms with E-state index in [-0.39, 0.29) is 18.0 Å². The van der Waals surface area contributed by atoms with Gasteiger partial charge in [0.25, 0.3) is 0 Å².